The molecule has 130 valence electrons. The number of nitrogens with zero attached hydrogens (tertiary/aromatic N) is 1. The van der Waals surface area contributed by atoms with E-state index in [0.717, 1.165) is 44.5 Å². The van der Waals surface area contributed by atoms with Crippen LogP contribution in [0, 0.1) is 0 Å². The van der Waals surface area contributed by atoms with Crippen molar-refractivity contribution in [2.45, 2.75) is 45.3 Å². The van der Waals surface area contributed by atoms with Crippen LogP contribution in [0.4, 0.5) is 0 Å². The van der Waals surface area contributed by atoms with Crippen LogP contribution in [0.5, 0.6) is 0 Å². The van der Waals surface area contributed by atoms with Crippen LogP contribution in [0.15, 0.2) is 30.3 Å². The Balaban J connectivity index is 0.00000264. The molecular formula is C18H29ClN2O2. The van der Waals surface area contributed by atoms with Gasteiger partial charge in [0.05, 0.1) is 19.6 Å². The zero-order valence-electron chi connectivity index (χ0n) is 14.0. The maximum absolute atomic E-state index is 12.5. The minimum Gasteiger partial charge on any atom is -0.376 e. The molecule has 23 heavy (non-hydrogen) atoms. The number of hydrogen-bond acceptors (Lipinski definition) is 3. The zero-order chi connectivity index (χ0) is 15.6. The van der Waals surface area contributed by atoms with Crippen LogP contribution in [0.3, 0.4) is 0 Å². The van der Waals surface area contributed by atoms with Gasteiger partial charge in [0.15, 0.2) is 0 Å². The highest BCUT2D eigenvalue weighted by Crippen LogP contribution is 2.14. The number of rotatable bonds is 8. The Morgan fingerprint density at radius 1 is 1.26 bits per heavy atom. The van der Waals surface area contributed by atoms with Gasteiger partial charge in [-0.2, -0.15) is 0 Å². The molecule has 1 N–H and O–H groups in total. The van der Waals surface area contributed by atoms with Gasteiger partial charge in [-0.15, -0.1) is 12.4 Å². The molecule has 0 aliphatic carbocycles. The number of nitrogens with one attached hydrogen (secondary N) is 1. The summed E-state index contributed by atoms with van der Waals surface area (Å²) in [6.45, 7) is 6.11. The number of halogens is 1. The summed E-state index contributed by atoms with van der Waals surface area (Å²) in [7, 11) is 0. The molecule has 1 amide bonds. The van der Waals surface area contributed by atoms with Gasteiger partial charge in [-0.05, 0) is 37.9 Å². The molecule has 0 atom stereocenters. The lowest BCUT2D eigenvalue weighted by Gasteiger charge is -2.34. The van der Waals surface area contributed by atoms with Crippen molar-refractivity contribution >= 4 is 18.3 Å². The van der Waals surface area contributed by atoms with Crippen LogP contribution in [0.2, 0.25) is 0 Å². The standard InChI is InChI=1S/C18H28N2O2.ClH/c1-2-13-20(17-8-11-19-12-9-17)18(21)10-14-22-15-16-6-4-3-5-7-16;/h3-7,17,19H,2,8-15H2,1H3;1H. The lowest BCUT2D eigenvalue weighted by molar-refractivity contribution is -0.135. The van der Waals surface area contributed by atoms with Crippen LogP contribution >= 0.6 is 12.4 Å². The van der Waals surface area contributed by atoms with Gasteiger partial charge in [-0.1, -0.05) is 37.3 Å². The molecule has 1 aliphatic heterocycles. The largest absolute Gasteiger partial charge is 0.376 e. The van der Waals surface area contributed by atoms with Crippen molar-refractivity contribution in [3.63, 3.8) is 0 Å². The van der Waals surface area contributed by atoms with Gasteiger partial charge in [0.2, 0.25) is 5.91 Å². The molecular weight excluding hydrogens is 312 g/mol. The summed E-state index contributed by atoms with van der Waals surface area (Å²) in [4.78, 5) is 14.5. The third-order valence-corrected chi connectivity index (χ3v) is 4.11. The normalized spacial score (nSPS) is 15.0. The first-order valence-electron chi connectivity index (χ1n) is 8.43. The second-order valence-electron chi connectivity index (χ2n) is 5.86. The van der Waals surface area contributed by atoms with E-state index in [1.165, 1.54) is 0 Å². The molecule has 1 aromatic carbocycles. The van der Waals surface area contributed by atoms with Crippen molar-refractivity contribution in [2.75, 3.05) is 26.2 Å². The van der Waals surface area contributed by atoms with Crippen molar-refractivity contribution < 1.29 is 9.53 Å². The van der Waals surface area contributed by atoms with E-state index in [1.54, 1.807) is 0 Å². The number of ether oxygens (including phenoxy) is 1. The van der Waals surface area contributed by atoms with Gasteiger partial charge >= 0.3 is 0 Å². The summed E-state index contributed by atoms with van der Waals surface area (Å²) in [5.74, 6) is 0.238. The van der Waals surface area contributed by atoms with Crippen LogP contribution in [0.1, 0.15) is 38.2 Å². The summed E-state index contributed by atoms with van der Waals surface area (Å²) in [6.07, 6.45) is 3.63. The zero-order valence-corrected chi connectivity index (χ0v) is 14.8. The third-order valence-electron chi connectivity index (χ3n) is 4.11. The van der Waals surface area contributed by atoms with E-state index in [0.29, 0.717) is 25.7 Å². The van der Waals surface area contributed by atoms with Crippen LogP contribution in [0.25, 0.3) is 0 Å². The van der Waals surface area contributed by atoms with E-state index in [4.69, 9.17) is 4.74 Å². The molecule has 1 aromatic rings. The molecule has 0 spiro atoms. The summed E-state index contributed by atoms with van der Waals surface area (Å²) >= 11 is 0. The maximum atomic E-state index is 12.5. The molecule has 1 heterocycles. The van der Waals surface area contributed by atoms with E-state index in [2.05, 4.69) is 17.1 Å². The second kappa shape index (κ2) is 11.4. The average Bonchev–Trinajstić information content (AvgIpc) is 2.58. The molecule has 0 aromatic heterocycles. The first kappa shape index (κ1) is 19.9. The Labute approximate surface area is 146 Å². The molecule has 1 saturated heterocycles. The van der Waals surface area contributed by atoms with E-state index in [-0.39, 0.29) is 18.3 Å². The Bertz CT molecular complexity index is 436. The fraction of sp³-hybridized carbons (Fsp3) is 0.611. The highest BCUT2D eigenvalue weighted by Gasteiger charge is 2.24. The van der Waals surface area contributed by atoms with Crippen molar-refractivity contribution in [2.24, 2.45) is 0 Å². The molecule has 5 heteroatoms. The van der Waals surface area contributed by atoms with Crippen molar-refractivity contribution in [3.8, 4) is 0 Å². The average molecular weight is 341 g/mol. The first-order chi connectivity index (χ1) is 10.8. The van der Waals surface area contributed by atoms with Crippen molar-refractivity contribution in [3.05, 3.63) is 35.9 Å². The number of hydrogen-bond donors (Lipinski definition) is 1. The number of carbonyl (C=O) groups excluding carboxylic acids is 1. The minimum atomic E-state index is 0. The van der Waals surface area contributed by atoms with Gasteiger partial charge in [-0.25, -0.2) is 0 Å². The van der Waals surface area contributed by atoms with Crippen molar-refractivity contribution in [1.29, 1.82) is 0 Å². The topological polar surface area (TPSA) is 41.6 Å². The van der Waals surface area contributed by atoms with Gasteiger partial charge < -0.3 is 15.0 Å². The quantitative estimate of drug-likeness (QED) is 0.740. The molecule has 0 radical (unpaired) electrons. The van der Waals surface area contributed by atoms with E-state index in [1.807, 2.05) is 30.3 Å². The summed E-state index contributed by atoms with van der Waals surface area (Å²) in [5.41, 5.74) is 1.15. The number of carbonyl (C=O) groups is 1. The maximum Gasteiger partial charge on any atom is 0.225 e. The Kier molecular flexibility index (Phi) is 9.92. The molecule has 1 aliphatic rings. The number of benzene rings is 1. The SMILES string of the molecule is CCCN(C(=O)CCOCc1ccccc1)C1CCNCC1.Cl. The Hall–Kier alpha value is -1.10. The lowest BCUT2D eigenvalue weighted by atomic mass is 10.0. The second-order valence-corrected chi connectivity index (χ2v) is 5.86. The van der Waals surface area contributed by atoms with Crippen LogP contribution in [-0.4, -0.2) is 43.1 Å². The lowest BCUT2D eigenvalue weighted by Crippen LogP contribution is -2.46. The summed E-state index contributed by atoms with van der Waals surface area (Å²) in [6, 6.07) is 10.5. The van der Waals surface area contributed by atoms with Crippen LogP contribution in [-0.2, 0) is 16.1 Å². The molecule has 0 bridgehead atoms. The number of piperidine rings is 1. The highest BCUT2D eigenvalue weighted by molar-refractivity contribution is 5.85. The molecule has 2 rings (SSSR count). The highest BCUT2D eigenvalue weighted by atomic mass is 35.5. The summed E-state index contributed by atoms with van der Waals surface area (Å²) < 4.78 is 5.65. The summed E-state index contributed by atoms with van der Waals surface area (Å²) in [5, 5.41) is 3.36. The fourth-order valence-corrected chi connectivity index (χ4v) is 2.94. The monoisotopic (exact) mass is 340 g/mol. The Morgan fingerprint density at radius 3 is 2.61 bits per heavy atom. The van der Waals surface area contributed by atoms with Gasteiger partial charge in [-0.3, -0.25) is 4.79 Å². The predicted octanol–water partition coefficient (Wildman–Crippen LogP) is 3.01. The fourth-order valence-electron chi connectivity index (χ4n) is 2.94. The van der Waals surface area contributed by atoms with Gasteiger partial charge in [0, 0.05) is 12.6 Å². The van der Waals surface area contributed by atoms with E-state index in [9.17, 15) is 4.79 Å². The molecule has 0 unspecified atom stereocenters. The minimum absolute atomic E-state index is 0. The van der Waals surface area contributed by atoms with Gasteiger partial charge in [0.1, 0.15) is 0 Å². The smallest absolute Gasteiger partial charge is 0.225 e. The molecule has 4 nitrogen and oxygen atoms in total. The molecule has 1 fully saturated rings. The predicted molar refractivity (Wildman–Crippen MR) is 95.9 cm³/mol. The Morgan fingerprint density at radius 2 is 1.96 bits per heavy atom. The molecule has 0 saturated carbocycles. The van der Waals surface area contributed by atoms with E-state index >= 15 is 0 Å². The van der Waals surface area contributed by atoms with Gasteiger partial charge in [0.25, 0.3) is 0 Å². The first-order valence-corrected chi connectivity index (χ1v) is 8.43. The van der Waals surface area contributed by atoms with Crippen LogP contribution < -0.4 is 5.32 Å². The van der Waals surface area contributed by atoms with Crippen molar-refractivity contribution in [1.82, 2.24) is 10.2 Å². The van der Waals surface area contributed by atoms with E-state index < -0.39 is 0 Å². The number of amides is 1. The third kappa shape index (κ3) is 6.90.